The molecule has 184 valence electrons. The van der Waals surface area contributed by atoms with Crippen LogP contribution >= 0.6 is 11.3 Å². The molecule has 2 fully saturated rings. The van der Waals surface area contributed by atoms with Crippen molar-refractivity contribution >= 4 is 44.5 Å². The van der Waals surface area contributed by atoms with Crippen LogP contribution in [0.25, 0.3) is 10.3 Å². The fraction of sp³-hybridized carbons (Fsp3) is 0.458. The van der Waals surface area contributed by atoms with Crippen LogP contribution in [-0.2, 0) is 16.1 Å². The molecule has 0 radical (unpaired) electrons. The molecule has 1 saturated carbocycles. The number of hydrogen-bond acceptors (Lipinski definition) is 10. The molecule has 1 saturated heterocycles. The first-order chi connectivity index (χ1) is 17.1. The van der Waals surface area contributed by atoms with Crippen molar-refractivity contribution in [3.63, 3.8) is 0 Å². The number of nitrogens with zero attached hydrogens (tertiary/aromatic N) is 5. The van der Waals surface area contributed by atoms with E-state index in [1.54, 1.807) is 6.20 Å². The highest BCUT2D eigenvalue weighted by Gasteiger charge is 2.24. The number of aromatic nitrogens is 4. The summed E-state index contributed by atoms with van der Waals surface area (Å²) in [7, 11) is 0. The molecular weight excluding hydrogens is 464 g/mol. The Kier molecular flexibility index (Phi) is 7.45. The van der Waals surface area contributed by atoms with E-state index in [0.29, 0.717) is 11.8 Å². The lowest BCUT2D eigenvalue weighted by Crippen LogP contribution is -2.41. The zero-order valence-electron chi connectivity index (χ0n) is 19.6. The van der Waals surface area contributed by atoms with Crippen LogP contribution in [0.2, 0.25) is 0 Å². The number of anilines is 3. The van der Waals surface area contributed by atoms with Gasteiger partial charge in [-0.25, -0.2) is 15.0 Å². The molecule has 0 bridgehead atoms. The Balaban J connectivity index is 1.34. The fourth-order valence-corrected chi connectivity index (χ4v) is 5.34. The number of carbonyl (C=O) groups is 1. The molecule has 10 nitrogen and oxygen atoms in total. The summed E-state index contributed by atoms with van der Waals surface area (Å²) >= 11 is 1.49. The van der Waals surface area contributed by atoms with E-state index in [1.165, 1.54) is 17.4 Å². The minimum Gasteiger partial charge on any atom is -0.379 e. The maximum Gasteiger partial charge on any atom is 0.243 e. The Hall–Kier alpha value is -3.15. The fourth-order valence-electron chi connectivity index (χ4n) is 4.52. The minimum absolute atomic E-state index is 0.121. The third-order valence-corrected chi connectivity index (χ3v) is 7.10. The van der Waals surface area contributed by atoms with Gasteiger partial charge in [0, 0.05) is 44.0 Å². The molecule has 2 aliphatic rings. The predicted molar refractivity (Wildman–Crippen MR) is 137 cm³/mol. The summed E-state index contributed by atoms with van der Waals surface area (Å²) in [6, 6.07) is 6.11. The van der Waals surface area contributed by atoms with Crippen molar-refractivity contribution in [3.8, 4) is 0 Å². The summed E-state index contributed by atoms with van der Waals surface area (Å²) in [6.07, 6.45) is 6.91. The molecule has 1 aliphatic heterocycles. The van der Waals surface area contributed by atoms with Crippen LogP contribution in [0.5, 0.6) is 0 Å². The van der Waals surface area contributed by atoms with E-state index < -0.39 is 0 Å². The molecule has 5 rings (SSSR count). The molecule has 4 heterocycles. The van der Waals surface area contributed by atoms with E-state index in [1.807, 2.05) is 18.2 Å². The van der Waals surface area contributed by atoms with Crippen molar-refractivity contribution in [3.05, 3.63) is 42.7 Å². The highest BCUT2D eigenvalue weighted by atomic mass is 32.1. The summed E-state index contributed by atoms with van der Waals surface area (Å²) in [4.78, 5) is 33.6. The van der Waals surface area contributed by atoms with Crippen molar-refractivity contribution in [1.82, 2.24) is 30.2 Å². The normalized spacial score (nSPS) is 20.9. The number of fused-ring (bicyclic) bond motifs is 1. The zero-order valence-corrected chi connectivity index (χ0v) is 20.4. The average molecular weight is 495 g/mol. The molecule has 11 heteroatoms. The lowest BCUT2D eigenvalue weighted by atomic mass is 9.91. The van der Waals surface area contributed by atoms with Crippen LogP contribution in [0, 0.1) is 0 Å². The second kappa shape index (κ2) is 11.1. The van der Waals surface area contributed by atoms with Gasteiger partial charge in [-0.15, -0.1) is 0 Å². The quantitative estimate of drug-likeness (QED) is 0.406. The Morgan fingerprint density at radius 2 is 2.09 bits per heavy atom. The van der Waals surface area contributed by atoms with Gasteiger partial charge in [0.2, 0.25) is 11.9 Å². The standard InChI is InChI=1S/C24H30N8O2S/c1-2-21(33)26-16-5-3-6-17(13-16)27-23-28-18(15-32-9-11-34-12-10-32)14-20(30-23)31-24-29-19-7-4-8-25-22(19)35-24/h2,4,7-8,14,16-17H,1,3,5-6,9-13,15H2,(H,26,33)(H2,27,28,29,30,31)/t16-,17+/m1/s1. The van der Waals surface area contributed by atoms with Crippen LogP contribution in [0.1, 0.15) is 31.4 Å². The van der Waals surface area contributed by atoms with Gasteiger partial charge in [0.25, 0.3) is 0 Å². The van der Waals surface area contributed by atoms with Crippen molar-refractivity contribution < 1.29 is 9.53 Å². The summed E-state index contributed by atoms with van der Waals surface area (Å²) in [5.41, 5.74) is 1.79. The van der Waals surface area contributed by atoms with E-state index in [-0.39, 0.29) is 18.0 Å². The SMILES string of the molecule is C=CC(=O)N[C@@H]1CCC[C@H](Nc2nc(CN3CCOCC3)cc(Nc3nc4cccnc4s3)n2)C1. The molecule has 35 heavy (non-hydrogen) atoms. The lowest BCUT2D eigenvalue weighted by molar-refractivity contribution is -0.117. The molecule has 0 aromatic carbocycles. The predicted octanol–water partition coefficient (Wildman–Crippen LogP) is 3.08. The van der Waals surface area contributed by atoms with Crippen molar-refractivity contribution in [2.24, 2.45) is 0 Å². The van der Waals surface area contributed by atoms with Crippen molar-refractivity contribution in [2.45, 2.75) is 44.3 Å². The minimum atomic E-state index is -0.129. The van der Waals surface area contributed by atoms with Gasteiger partial charge in [-0.2, -0.15) is 4.98 Å². The van der Waals surface area contributed by atoms with Gasteiger partial charge in [-0.1, -0.05) is 17.9 Å². The Morgan fingerprint density at radius 3 is 2.91 bits per heavy atom. The summed E-state index contributed by atoms with van der Waals surface area (Å²) in [5.74, 6) is 1.14. The molecule has 0 spiro atoms. The van der Waals surface area contributed by atoms with Gasteiger partial charge in [-0.05, 0) is 43.9 Å². The van der Waals surface area contributed by atoms with E-state index in [4.69, 9.17) is 14.7 Å². The largest absolute Gasteiger partial charge is 0.379 e. The van der Waals surface area contributed by atoms with Crippen LogP contribution in [-0.4, -0.2) is 69.1 Å². The van der Waals surface area contributed by atoms with Gasteiger partial charge < -0.3 is 20.7 Å². The molecule has 3 N–H and O–H groups in total. The van der Waals surface area contributed by atoms with E-state index in [9.17, 15) is 4.79 Å². The first kappa shape index (κ1) is 23.6. The van der Waals surface area contributed by atoms with Crippen molar-refractivity contribution in [2.75, 3.05) is 36.9 Å². The van der Waals surface area contributed by atoms with Gasteiger partial charge in [0.05, 0.1) is 18.9 Å². The van der Waals surface area contributed by atoms with Crippen LogP contribution in [0.4, 0.5) is 16.9 Å². The second-order valence-electron chi connectivity index (χ2n) is 8.85. The van der Waals surface area contributed by atoms with Crippen LogP contribution < -0.4 is 16.0 Å². The third kappa shape index (κ3) is 6.30. The number of pyridine rings is 1. The van der Waals surface area contributed by atoms with Gasteiger partial charge in [-0.3, -0.25) is 9.69 Å². The number of thiazole rings is 1. The number of amides is 1. The monoisotopic (exact) mass is 494 g/mol. The number of rotatable bonds is 8. The summed E-state index contributed by atoms with van der Waals surface area (Å²) in [6.45, 7) is 7.51. The smallest absolute Gasteiger partial charge is 0.243 e. The highest BCUT2D eigenvalue weighted by Crippen LogP contribution is 2.27. The lowest BCUT2D eigenvalue weighted by Gasteiger charge is -2.30. The van der Waals surface area contributed by atoms with Gasteiger partial charge in [0.15, 0.2) is 5.13 Å². The zero-order chi connectivity index (χ0) is 24.0. The molecule has 3 aromatic rings. The number of hydrogen-bond donors (Lipinski definition) is 3. The number of carbonyl (C=O) groups excluding carboxylic acids is 1. The van der Waals surface area contributed by atoms with E-state index in [2.05, 4.69) is 37.4 Å². The molecule has 3 aromatic heterocycles. The molecule has 1 amide bonds. The van der Waals surface area contributed by atoms with E-state index >= 15 is 0 Å². The molecule has 0 unspecified atom stereocenters. The number of nitrogens with one attached hydrogen (secondary N) is 3. The van der Waals surface area contributed by atoms with Gasteiger partial charge in [0.1, 0.15) is 16.2 Å². The average Bonchev–Trinajstić information content (AvgIpc) is 3.27. The molecule has 1 aliphatic carbocycles. The Morgan fingerprint density at radius 1 is 1.23 bits per heavy atom. The highest BCUT2D eigenvalue weighted by molar-refractivity contribution is 7.21. The van der Waals surface area contributed by atoms with Crippen molar-refractivity contribution in [1.29, 1.82) is 0 Å². The summed E-state index contributed by atoms with van der Waals surface area (Å²) in [5, 5.41) is 10.6. The Bertz CT molecular complexity index is 1150. The van der Waals surface area contributed by atoms with E-state index in [0.717, 1.165) is 79.7 Å². The van der Waals surface area contributed by atoms with Gasteiger partial charge >= 0.3 is 0 Å². The molecule has 2 atom stereocenters. The van der Waals surface area contributed by atoms with Crippen LogP contribution in [0.15, 0.2) is 37.1 Å². The van der Waals surface area contributed by atoms with Crippen LogP contribution in [0.3, 0.4) is 0 Å². The summed E-state index contributed by atoms with van der Waals surface area (Å²) < 4.78 is 5.49. The maximum absolute atomic E-state index is 11.8. The topological polar surface area (TPSA) is 117 Å². The first-order valence-electron chi connectivity index (χ1n) is 12.0. The number of ether oxygens (including phenoxy) is 1. The Labute approximate surface area is 208 Å². The molecular formula is C24H30N8O2S. The first-order valence-corrected chi connectivity index (χ1v) is 12.8. The second-order valence-corrected chi connectivity index (χ2v) is 9.82. The number of morpholine rings is 1. The third-order valence-electron chi connectivity index (χ3n) is 6.21. The maximum atomic E-state index is 11.8.